The lowest BCUT2D eigenvalue weighted by atomic mass is 9.96. The summed E-state index contributed by atoms with van der Waals surface area (Å²) in [4.78, 5) is 9.32. The van der Waals surface area contributed by atoms with Crippen molar-refractivity contribution in [2.45, 2.75) is 52.2 Å². The maximum atomic E-state index is 6.93. The van der Waals surface area contributed by atoms with Crippen LogP contribution in [-0.4, -0.2) is 41.5 Å². The van der Waals surface area contributed by atoms with Gasteiger partial charge in [0.2, 0.25) is 0 Å². The zero-order chi connectivity index (χ0) is 26.1. The van der Waals surface area contributed by atoms with Gasteiger partial charge in [-0.15, -0.1) is 0 Å². The second-order valence-electron chi connectivity index (χ2n) is 10.3. The standard InChI is InChI=1S/C29H36ClN5OS/c1-19-10-13-33(14-11-19)26-9-8-22(18-24(26)30)35-28(23-17-20(2)34(21(23)3)15-16-36-4)27(32-29(35)37)25-7-5-6-12-31-25/h5-9,12,17-19,27-28H,10-11,13-16H2,1-4H3,(H,32,37)/t27-,28-/m1/s1. The van der Waals surface area contributed by atoms with Crippen molar-refractivity contribution in [3.8, 4) is 0 Å². The zero-order valence-electron chi connectivity index (χ0n) is 22.1. The number of methoxy groups -OCH3 is 1. The van der Waals surface area contributed by atoms with E-state index in [-0.39, 0.29) is 12.1 Å². The number of nitrogens with one attached hydrogen (secondary N) is 1. The summed E-state index contributed by atoms with van der Waals surface area (Å²) in [6, 6.07) is 14.5. The van der Waals surface area contributed by atoms with Crippen LogP contribution < -0.4 is 15.1 Å². The molecule has 3 aromatic rings. The van der Waals surface area contributed by atoms with Crippen LogP contribution in [0.3, 0.4) is 0 Å². The van der Waals surface area contributed by atoms with Crippen molar-refractivity contribution in [1.82, 2.24) is 14.9 Å². The number of hydrogen-bond acceptors (Lipinski definition) is 4. The van der Waals surface area contributed by atoms with Crippen LogP contribution in [0.15, 0.2) is 48.7 Å². The third-order valence-corrected chi connectivity index (χ3v) is 8.50. The number of hydrogen-bond donors (Lipinski definition) is 1. The molecule has 2 saturated heterocycles. The van der Waals surface area contributed by atoms with Crippen LogP contribution in [0.4, 0.5) is 11.4 Å². The summed E-state index contributed by atoms with van der Waals surface area (Å²) in [5.41, 5.74) is 6.69. The second-order valence-corrected chi connectivity index (χ2v) is 11.1. The van der Waals surface area contributed by atoms with E-state index in [1.807, 2.05) is 18.3 Å². The van der Waals surface area contributed by atoms with Crippen molar-refractivity contribution in [3.05, 3.63) is 76.3 Å². The van der Waals surface area contributed by atoms with Crippen molar-refractivity contribution >= 4 is 40.3 Å². The van der Waals surface area contributed by atoms with Crippen LogP contribution in [0, 0.1) is 19.8 Å². The van der Waals surface area contributed by atoms with Crippen LogP contribution in [0.25, 0.3) is 0 Å². The molecule has 5 rings (SSSR count). The maximum absolute atomic E-state index is 6.93. The van der Waals surface area contributed by atoms with Crippen molar-refractivity contribution < 1.29 is 4.74 Å². The Bertz CT molecular complexity index is 1250. The van der Waals surface area contributed by atoms with Gasteiger partial charge in [0.1, 0.15) is 0 Å². The number of benzene rings is 1. The first kappa shape index (κ1) is 26.0. The molecular formula is C29H36ClN5OS. The molecule has 2 atom stereocenters. The Hall–Kier alpha value is -2.61. The molecule has 0 radical (unpaired) electrons. The van der Waals surface area contributed by atoms with Crippen molar-refractivity contribution in [1.29, 1.82) is 0 Å². The number of halogens is 1. The predicted molar refractivity (Wildman–Crippen MR) is 156 cm³/mol. The van der Waals surface area contributed by atoms with Crippen LogP contribution in [-0.2, 0) is 11.3 Å². The van der Waals surface area contributed by atoms with E-state index in [0.29, 0.717) is 11.7 Å². The molecule has 196 valence electrons. The first-order chi connectivity index (χ1) is 17.9. The first-order valence-electron chi connectivity index (χ1n) is 13.1. The van der Waals surface area contributed by atoms with E-state index in [9.17, 15) is 0 Å². The highest BCUT2D eigenvalue weighted by Gasteiger charge is 2.42. The van der Waals surface area contributed by atoms with Gasteiger partial charge in [0, 0.05) is 50.0 Å². The van der Waals surface area contributed by atoms with E-state index >= 15 is 0 Å². The Morgan fingerprint density at radius 1 is 1.14 bits per heavy atom. The normalized spacial score (nSPS) is 20.5. The van der Waals surface area contributed by atoms with Gasteiger partial charge in [-0.1, -0.05) is 24.6 Å². The zero-order valence-corrected chi connectivity index (χ0v) is 23.6. The first-order valence-corrected chi connectivity index (χ1v) is 13.9. The van der Waals surface area contributed by atoms with Gasteiger partial charge in [-0.05, 0) is 86.8 Å². The topological polar surface area (TPSA) is 45.6 Å². The Morgan fingerprint density at radius 3 is 2.59 bits per heavy atom. The molecule has 2 aliphatic rings. The smallest absolute Gasteiger partial charge is 0.174 e. The molecule has 0 amide bonds. The number of thiocarbonyl (C=S) groups is 1. The molecule has 0 unspecified atom stereocenters. The number of aryl methyl sites for hydroxylation is 1. The molecule has 1 aromatic carbocycles. The van der Waals surface area contributed by atoms with Gasteiger partial charge < -0.3 is 24.4 Å². The van der Waals surface area contributed by atoms with Gasteiger partial charge in [0.25, 0.3) is 0 Å². The third kappa shape index (κ3) is 5.09. The maximum Gasteiger partial charge on any atom is 0.174 e. The summed E-state index contributed by atoms with van der Waals surface area (Å²) in [5.74, 6) is 0.773. The van der Waals surface area contributed by atoms with Gasteiger partial charge in [-0.25, -0.2) is 0 Å². The molecule has 0 spiro atoms. The Labute approximate surface area is 230 Å². The minimum atomic E-state index is -0.0906. The van der Waals surface area contributed by atoms with Crippen molar-refractivity contribution in [2.75, 3.05) is 36.6 Å². The fourth-order valence-electron chi connectivity index (χ4n) is 5.75. The van der Waals surface area contributed by atoms with Crippen molar-refractivity contribution in [2.24, 2.45) is 5.92 Å². The number of anilines is 2. The van der Waals surface area contributed by atoms with E-state index in [2.05, 4.69) is 70.8 Å². The summed E-state index contributed by atoms with van der Waals surface area (Å²) in [6.45, 7) is 10.2. The summed E-state index contributed by atoms with van der Waals surface area (Å²) >= 11 is 12.9. The fourth-order valence-corrected chi connectivity index (χ4v) is 6.39. The van der Waals surface area contributed by atoms with Gasteiger partial charge in [-0.3, -0.25) is 4.98 Å². The number of rotatable bonds is 7. The number of ether oxygens (including phenoxy) is 1. The summed E-state index contributed by atoms with van der Waals surface area (Å²) in [6.07, 6.45) is 4.24. The highest BCUT2D eigenvalue weighted by atomic mass is 35.5. The highest BCUT2D eigenvalue weighted by molar-refractivity contribution is 7.80. The van der Waals surface area contributed by atoms with Gasteiger partial charge in [0.15, 0.2) is 5.11 Å². The molecule has 8 heteroatoms. The summed E-state index contributed by atoms with van der Waals surface area (Å²) < 4.78 is 7.70. The Balaban J connectivity index is 1.55. The van der Waals surface area contributed by atoms with Crippen LogP contribution in [0.2, 0.25) is 5.02 Å². The number of pyridine rings is 1. The molecule has 1 N–H and O–H groups in total. The van der Waals surface area contributed by atoms with Crippen LogP contribution >= 0.6 is 23.8 Å². The average molecular weight is 538 g/mol. The summed E-state index contributed by atoms with van der Waals surface area (Å²) in [5, 5.41) is 5.02. The molecule has 4 heterocycles. The second kappa shape index (κ2) is 11.0. The van der Waals surface area contributed by atoms with E-state index in [1.165, 1.54) is 29.8 Å². The van der Waals surface area contributed by atoms with Gasteiger partial charge in [-0.2, -0.15) is 0 Å². The third-order valence-electron chi connectivity index (χ3n) is 7.88. The fraction of sp³-hybridized carbons (Fsp3) is 0.448. The lowest BCUT2D eigenvalue weighted by Gasteiger charge is -2.33. The molecule has 0 bridgehead atoms. The van der Waals surface area contributed by atoms with Gasteiger partial charge >= 0.3 is 0 Å². The highest BCUT2D eigenvalue weighted by Crippen LogP contribution is 2.44. The molecule has 2 fully saturated rings. The Morgan fingerprint density at radius 2 is 1.92 bits per heavy atom. The Kier molecular flexibility index (Phi) is 7.75. The van der Waals surface area contributed by atoms with Crippen LogP contribution in [0.1, 0.15) is 54.5 Å². The van der Waals surface area contributed by atoms with Gasteiger partial charge in [0.05, 0.1) is 35.1 Å². The largest absolute Gasteiger partial charge is 0.383 e. The molecule has 0 aliphatic carbocycles. The number of nitrogens with zero attached hydrogens (tertiary/aromatic N) is 4. The quantitative estimate of drug-likeness (QED) is 0.361. The summed E-state index contributed by atoms with van der Waals surface area (Å²) in [7, 11) is 1.74. The number of piperidine rings is 1. The van der Waals surface area contributed by atoms with E-state index < -0.39 is 0 Å². The molecular weight excluding hydrogens is 502 g/mol. The SMILES string of the molecule is COCCn1c(C)cc([C@@H]2[C@@H](c3ccccn3)NC(=S)N2c2ccc(N3CCC(C)CC3)c(Cl)c2)c1C. The van der Waals surface area contributed by atoms with E-state index in [4.69, 9.17) is 33.5 Å². The van der Waals surface area contributed by atoms with E-state index in [1.54, 1.807) is 7.11 Å². The molecule has 2 aromatic heterocycles. The minimum Gasteiger partial charge on any atom is -0.383 e. The molecule has 2 aliphatic heterocycles. The number of aromatic nitrogens is 2. The predicted octanol–water partition coefficient (Wildman–Crippen LogP) is 6.21. The van der Waals surface area contributed by atoms with E-state index in [0.717, 1.165) is 47.6 Å². The molecule has 37 heavy (non-hydrogen) atoms. The molecule has 6 nitrogen and oxygen atoms in total. The minimum absolute atomic E-state index is 0.0670. The lowest BCUT2D eigenvalue weighted by molar-refractivity contribution is 0.186. The lowest BCUT2D eigenvalue weighted by Crippen LogP contribution is -2.33. The monoisotopic (exact) mass is 537 g/mol. The van der Waals surface area contributed by atoms with Crippen molar-refractivity contribution in [3.63, 3.8) is 0 Å². The van der Waals surface area contributed by atoms with Crippen LogP contribution in [0.5, 0.6) is 0 Å². The molecule has 0 saturated carbocycles. The average Bonchev–Trinajstić information content (AvgIpc) is 3.38.